The molecule has 0 bridgehead atoms. The van der Waals surface area contributed by atoms with Crippen molar-refractivity contribution in [3.05, 3.63) is 42.0 Å². The highest BCUT2D eigenvalue weighted by Gasteiger charge is 2.27. The van der Waals surface area contributed by atoms with Gasteiger partial charge in [-0.25, -0.2) is 0 Å². The summed E-state index contributed by atoms with van der Waals surface area (Å²) in [6.45, 7) is 0. The molecule has 1 heterocycles. The van der Waals surface area contributed by atoms with Gasteiger partial charge in [0.25, 0.3) is 0 Å². The number of carbonyl (C=O) groups is 1. The standard InChI is InChI=1S/C12H13NO2S/c14-12(15)10-8-16-11(13-10)7-6-9-4-2-1-3-5-9/h1-7,10-11,13H,8H2,(H,14,15)/t10?,11-/m1/s1. The van der Waals surface area contributed by atoms with Crippen LogP contribution in [0.15, 0.2) is 36.4 Å². The summed E-state index contributed by atoms with van der Waals surface area (Å²) in [6.07, 6.45) is 4.01. The Morgan fingerprint density at radius 1 is 1.44 bits per heavy atom. The van der Waals surface area contributed by atoms with Gasteiger partial charge in [0.1, 0.15) is 6.04 Å². The van der Waals surface area contributed by atoms with Crippen LogP contribution in [0, 0.1) is 0 Å². The van der Waals surface area contributed by atoms with Crippen molar-refractivity contribution >= 4 is 23.8 Å². The lowest BCUT2D eigenvalue weighted by Crippen LogP contribution is -2.35. The first-order chi connectivity index (χ1) is 7.75. The lowest BCUT2D eigenvalue weighted by molar-refractivity contribution is -0.138. The third-order valence-electron chi connectivity index (χ3n) is 2.37. The number of carboxylic acids is 1. The first-order valence-corrected chi connectivity index (χ1v) is 6.14. The zero-order chi connectivity index (χ0) is 11.4. The van der Waals surface area contributed by atoms with Crippen LogP contribution in [0.4, 0.5) is 0 Å². The molecule has 1 aromatic carbocycles. The third-order valence-corrected chi connectivity index (χ3v) is 3.55. The molecule has 1 unspecified atom stereocenters. The maximum atomic E-state index is 10.7. The first kappa shape index (κ1) is 11.2. The minimum absolute atomic E-state index is 0.0984. The molecule has 2 atom stereocenters. The van der Waals surface area contributed by atoms with Gasteiger partial charge in [-0.05, 0) is 5.56 Å². The summed E-state index contributed by atoms with van der Waals surface area (Å²) in [5, 5.41) is 12.0. The van der Waals surface area contributed by atoms with Crippen molar-refractivity contribution in [3.63, 3.8) is 0 Å². The number of hydrogen-bond acceptors (Lipinski definition) is 3. The molecule has 0 aliphatic carbocycles. The molecule has 1 aliphatic rings. The van der Waals surface area contributed by atoms with Crippen molar-refractivity contribution < 1.29 is 9.90 Å². The van der Waals surface area contributed by atoms with Crippen LogP contribution in [0.3, 0.4) is 0 Å². The Morgan fingerprint density at radius 2 is 2.19 bits per heavy atom. The van der Waals surface area contributed by atoms with Gasteiger partial charge in [0.15, 0.2) is 0 Å². The van der Waals surface area contributed by atoms with Crippen LogP contribution in [0.2, 0.25) is 0 Å². The highest BCUT2D eigenvalue weighted by atomic mass is 32.2. The molecular weight excluding hydrogens is 222 g/mol. The normalized spacial score (nSPS) is 25.0. The number of thioether (sulfide) groups is 1. The van der Waals surface area contributed by atoms with Gasteiger partial charge in [0.05, 0.1) is 5.37 Å². The molecule has 3 nitrogen and oxygen atoms in total. The smallest absolute Gasteiger partial charge is 0.321 e. The molecule has 16 heavy (non-hydrogen) atoms. The zero-order valence-electron chi connectivity index (χ0n) is 8.67. The fourth-order valence-electron chi connectivity index (χ4n) is 1.51. The van der Waals surface area contributed by atoms with E-state index in [1.165, 1.54) is 0 Å². The maximum absolute atomic E-state index is 10.7. The SMILES string of the molecule is O=C(O)C1CS[C@H](C=Cc2ccccc2)N1. The van der Waals surface area contributed by atoms with Crippen molar-refractivity contribution in [2.75, 3.05) is 5.75 Å². The van der Waals surface area contributed by atoms with E-state index in [9.17, 15) is 4.79 Å². The van der Waals surface area contributed by atoms with E-state index in [-0.39, 0.29) is 5.37 Å². The van der Waals surface area contributed by atoms with Crippen LogP contribution in [-0.4, -0.2) is 28.2 Å². The number of hydrogen-bond donors (Lipinski definition) is 2. The molecular formula is C12H13NO2S. The number of nitrogens with one attached hydrogen (secondary N) is 1. The van der Waals surface area contributed by atoms with Gasteiger partial charge in [-0.3, -0.25) is 10.1 Å². The molecule has 1 fully saturated rings. The molecule has 1 saturated heterocycles. The number of benzene rings is 1. The van der Waals surface area contributed by atoms with E-state index in [0.717, 1.165) is 5.56 Å². The van der Waals surface area contributed by atoms with Crippen LogP contribution >= 0.6 is 11.8 Å². The molecule has 2 rings (SSSR count). The summed E-state index contributed by atoms with van der Waals surface area (Å²) in [7, 11) is 0. The van der Waals surface area contributed by atoms with Gasteiger partial charge in [-0.1, -0.05) is 42.5 Å². The maximum Gasteiger partial charge on any atom is 0.321 e. The quantitative estimate of drug-likeness (QED) is 0.839. The van der Waals surface area contributed by atoms with Crippen molar-refractivity contribution in [1.29, 1.82) is 0 Å². The Kier molecular flexibility index (Phi) is 3.64. The highest BCUT2D eigenvalue weighted by Crippen LogP contribution is 2.20. The number of carboxylic acid groups (broad SMARTS) is 1. The Labute approximate surface area is 98.6 Å². The second kappa shape index (κ2) is 5.18. The lowest BCUT2D eigenvalue weighted by Gasteiger charge is -2.05. The molecule has 0 spiro atoms. The monoisotopic (exact) mass is 235 g/mol. The van der Waals surface area contributed by atoms with Crippen LogP contribution in [0.5, 0.6) is 0 Å². The fourth-order valence-corrected chi connectivity index (χ4v) is 2.60. The Balaban J connectivity index is 1.92. The molecule has 0 aromatic heterocycles. The molecule has 0 radical (unpaired) electrons. The third kappa shape index (κ3) is 2.87. The van der Waals surface area contributed by atoms with Crippen molar-refractivity contribution in [3.8, 4) is 0 Å². The van der Waals surface area contributed by atoms with Gasteiger partial charge in [-0.2, -0.15) is 0 Å². The minimum Gasteiger partial charge on any atom is -0.480 e. The highest BCUT2D eigenvalue weighted by molar-refractivity contribution is 8.00. The second-order valence-electron chi connectivity index (χ2n) is 3.58. The fraction of sp³-hybridized carbons (Fsp3) is 0.250. The van der Waals surface area contributed by atoms with Gasteiger partial charge in [0, 0.05) is 5.75 Å². The Bertz CT molecular complexity index is 391. The number of aliphatic carboxylic acids is 1. The van der Waals surface area contributed by atoms with Crippen molar-refractivity contribution in [1.82, 2.24) is 5.32 Å². The average molecular weight is 235 g/mol. The van der Waals surface area contributed by atoms with E-state index in [1.807, 2.05) is 42.5 Å². The molecule has 0 amide bonds. The van der Waals surface area contributed by atoms with E-state index in [1.54, 1.807) is 11.8 Å². The van der Waals surface area contributed by atoms with Gasteiger partial charge in [-0.15, -0.1) is 11.8 Å². The molecule has 84 valence electrons. The summed E-state index contributed by atoms with van der Waals surface area (Å²) in [6, 6.07) is 9.55. The molecule has 2 N–H and O–H groups in total. The molecule has 1 aliphatic heterocycles. The molecule has 4 heteroatoms. The predicted octanol–water partition coefficient (Wildman–Crippen LogP) is 1.82. The Morgan fingerprint density at radius 3 is 2.81 bits per heavy atom. The van der Waals surface area contributed by atoms with E-state index >= 15 is 0 Å². The second-order valence-corrected chi connectivity index (χ2v) is 4.76. The van der Waals surface area contributed by atoms with Gasteiger partial charge < -0.3 is 5.11 Å². The van der Waals surface area contributed by atoms with Gasteiger partial charge >= 0.3 is 5.97 Å². The van der Waals surface area contributed by atoms with Crippen molar-refractivity contribution in [2.45, 2.75) is 11.4 Å². The van der Waals surface area contributed by atoms with Crippen LogP contribution in [0.1, 0.15) is 5.56 Å². The lowest BCUT2D eigenvalue weighted by atomic mass is 10.2. The summed E-state index contributed by atoms with van der Waals surface area (Å²) in [5.74, 6) is -0.151. The average Bonchev–Trinajstić information content (AvgIpc) is 2.76. The summed E-state index contributed by atoms with van der Waals surface area (Å²) < 4.78 is 0. The van der Waals surface area contributed by atoms with Crippen LogP contribution in [-0.2, 0) is 4.79 Å². The van der Waals surface area contributed by atoms with E-state index < -0.39 is 12.0 Å². The van der Waals surface area contributed by atoms with Crippen LogP contribution in [0.25, 0.3) is 6.08 Å². The van der Waals surface area contributed by atoms with Crippen LogP contribution < -0.4 is 5.32 Å². The van der Waals surface area contributed by atoms with Crippen molar-refractivity contribution in [2.24, 2.45) is 0 Å². The minimum atomic E-state index is -0.775. The Hall–Kier alpha value is -1.26. The van der Waals surface area contributed by atoms with E-state index in [4.69, 9.17) is 5.11 Å². The molecule has 1 aromatic rings. The molecule has 0 saturated carbocycles. The summed E-state index contributed by atoms with van der Waals surface area (Å²) in [5.41, 5.74) is 1.13. The van der Waals surface area contributed by atoms with E-state index in [0.29, 0.717) is 5.75 Å². The number of rotatable bonds is 3. The summed E-state index contributed by atoms with van der Waals surface area (Å²) in [4.78, 5) is 10.7. The predicted molar refractivity (Wildman–Crippen MR) is 66.3 cm³/mol. The summed E-state index contributed by atoms with van der Waals surface area (Å²) >= 11 is 1.62. The topological polar surface area (TPSA) is 49.3 Å². The largest absolute Gasteiger partial charge is 0.480 e. The first-order valence-electron chi connectivity index (χ1n) is 5.09. The van der Waals surface area contributed by atoms with Gasteiger partial charge in [0.2, 0.25) is 0 Å². The van der Waals surface area contributed by atoms with E-state index in [2.05, 4.69) is 5.32 Å². The zero-order valence-corrected chi connectivity index (χ0v) is 9.48.